The number of esters is 1. The Kier molecular flexibility index (Phi) is 7.57. The fourth-order valence-corrected chi connectivity index (χ4v) is 9.20. The second kappa shape index (κ2) is 9.80. The summed E-state index contributed by atoms with van der Waals surface area (Å²) >= 11 is 0. The normalized spacial score (nSPS) is 40.6. The summed E-state index contributed by atoms with van der Waals surface area (Å²) in [5.74, 6) is 4.02. The van der Waals surface area contributed by atoms with Gasteiger partial charge in [0.25, 0.3) is 0 Å². The molecule has 1 spiro atoms. The van der Waals surface area contributed by atoms with Gasteiger partial charge in [-0.15, -0.1) is 0 Å². The highest BCUT2D eigenvalue weighted by Crippen LogP contribution is 2.69. The van der Waals surface area contributed by atoms with Crippen LogP contribution >= 0.6 is 0 Å². The van der Waals surface area contributed by atoms with E-state index >= 15 is 0 Å². The largest absolute Gasteiger partial charge is 0.469 e. The van der Waals surface area contributed by atoms with Crippen molar-refractivity contribution in [3.8, 4) is 0 Å². The van der Waals surface area contributed by atoms with Gasteiger partial charge in [-0.05, 0) is 79.4 Å². The lowest BCUT2D eigenvalue weighted by Crippen LogP contribution is -2.60. The molecule has 0 aromatic rings. The number of ether oxygens (including phenoxy) is 3. The Morgan fingerprint density at radius 2 is 1.70 bits per heavy atom. The van der Waals surface area contributed by atoms with Crippen molar-refractivity contribution >= 4 is 5.97 Å². The van der Waals surface area contributed by atoms with E-state index in [4.69, 9.17) is 14.2 Å². The Hall–Kier alpha value is -0.610. The van der Waals surface area contributed by atoms with Crippen LogP contribution in [0.5, 0.6) is 0 Å². The van der Waals surface area contributed by atoms with E-state index in [-0.39, 0.29) is 11.4 Å². The van der Waals surface area contributed by atoms with Crippen molar-refractivity contribution in [3.63, 3.8) is 0 Å². The van der Waals surface area contributed by atoms with Crippen molar-refractivity contribution in [1.29, 1.82) is 0 Å². The molecule has 4 rings (SSSR count). The standard InChI is InChI=1S/C29H50O4/c1-20(2)8-7-9-21(3)23-10-11-24-22-12-17-29(32-18-19-33-29)28(5,16-14-26(30)31-6)25(22)13-15-27(23,24)4/h20-25H,7-19H2,1-6H3/t21-,22+,23-,24+,25+,27-,28-/m1/s1. The minimum Gasteiger partial charge on any atom is -0.469 e. The van der Waals surface area contributed by atoms with E-state index in [1.165, 1.54) is 58.5 Å². The molecule has 0 unspecified atom stereocenters. The first-order chi connectivity index (χ1) is 15.7. The second-order valence-electron chi connectivity index (χ2n) is 12.9. The van der Waals surface area contributed by atoms with Gasteiger partial charge in [-0.3, -0.25) is 4.79 Å². The molecule has 3 saturated carbocycles. The average molecular weight is 463 g/mol. The molecule has 1 aliphatic heterocycles. The molecule has 190 valence electrons. The third-order valence-electron chi connectivity index (χ3n) is 11.0. The molecule has 0 aromatic heterocycles. The van der Waals surface area contributed by atoms with Crippen LogP contribution in [0.15, 0.2) is 0 Å². The van der Waals surface area contributed by atoms with Crippen LogP contribution in [0.4, 0.5) is 0 Å². The van der Waals surface area contributed by atoms with E-state index in [9.17, 15) is 4.79 Å². The lowest BCUT2D eigenvalue weighted by molar-refractivity contribution is -0.292. The van der Waals surface area contributed by atoms with E-state index in [2.05, 4.69) is 34.6 Å². The molecule has 33 heavy (non-hydrogen) atoms. The van der Waals surface area contributed by atoms with Crippen LogP contribution in [0.25, 0.3) is 0 Å². The second-order valence-corrected chi connectivity index (χ2v) is 12.9. The topological polar surface area (TPSA) is 44.8 Å². The molecule has 0 bridgehead atoms. The molecule has 4 nitrogen and oxygen atoms in total. The van der Waals surface area contributed by atoms with Gasteiger partial charge in [0.05, 0.1) is 20.3 Å². The van der Waals surface area contributed by atoms with Crippen molar-refractivity contribution < 1.29 is 19.0 Å². The number of hydrogen-bond donors (Lipinski definition) is 0. The number of hydrogen-bond acceptors (Lipinski definition) is 4. The van der Waals surface area contributed by atoms with E-state index in [1.54, 1.807) is 0 Å². The smallest absolute Gasteiger partial charge is 0.305 e. The third kappa shape index (κ3) is 4.41. The van der Waals surface area contributed by atoms with E-state index in [1.807, 2.05) is 0 Å². The summed E-state index contributed by atoms with van der Waals surface area (Å²) in [7, 11) is 1.50. The molecule has 1 saturated heterocycles. The van der Waals surface area contributed by atoms with E-state index in [0.29, 0.717) is 31.0 Å². The Morgan fingerprint density at radius 3 is 2.36 bits per heavy atom. The van der Waals surface area contributed by atoms with Crippen molar-refractivity contribution in [3.05, 3.63) is 0 Å². The van der Waals surface area contributed by atoms with Gasteiger partial charge in [0.1, 0.15) is 0 Å². The highest BCUT2D eigenvalue weighted by atomic mass is 16.7. The van der Waals surface area contributed by atoms with Gasteiger partial charge in [-0.1, -0.05) is 53.9 Å². The van der Waals surface area contributed by atoms with Crippen molar-refractivity contribution in [2.75, 3.05) is 20.3 Å². The maximum Gasteiger partial charge on any atom is 0.305 e. The zero-order chi connectivity index (χ0) is 23.9. The van der Waals surface area contributed by atoms with Gasteiger partial charge in [-0.2, -0.15) is 0 Å². The minimum absolute atomic E-state index is 0.108. The molecule has 3 aliphatic carbocycles. The summed E-state index contributed by atoms with van der Waals surface area (Å²) in [6.45, 7) is 13.6. The van der Waals surface area contributed by atoms with Crippen molar-refractivity contribution in [2.45, 2.75) is 111 Å². The fourth-order valence-electron chi connectivity index (χ4n) is 9.20. The Morgan fingerprint density at radius 1 is 0.970 bits per heavy atom. The first-order valence-electron chi connectivity index (χ1n) is 14.0. The van der Waals surface area contributed by atoms with E-state index in [0.717, 1.165) is 42.4 Å². The molecule has 0 radical (unpaired) electrons. The quantitative estimate of drug-likeness (QED) is 0.364. The third-order valence-corrected chi connectivity index (χ3v) is 11.0. The highest BCUT2D eigenvalue weighted by molar-refractivity contribution is 5.69. The molecule has 0 N–H and O–H groups in total. The summed E-state index contributed by atoms with van der Waals surface area (Å²) in [4.78, 5) is 12.1. The number of carbonyl (C=O) groups excluding carboxylic acids is 1. The minimum atomic E-state index is -0.502. The summed E-state index contributed by atoms with van der Waals surface area (Å²) in [5.41, 5.74) is 0.354. The highest BCUT2D eigenvalue weighted by Gasteiger charge is 2.65. The Labute approximate surface area is 202 Å². The van der Waals surface area contributed by atoms with Gasteiger partial charge in [-0.25, -0.2) is 0 Å². The van der Waals surface area contributed by atoms with Crippen molar-refractivity contribution in [2.24, 2.45) is 46.3 Å². The van der Waals surface area contributed by atoms with Crippen LogP contribution in [0, 0.1) is 46.3 Å². The lowest BCUT2D eigenvalue weighted by atomic mass is 9.46. The van der Waals surface area contributed by atoms with Crippen LogP contribution in [0.2, 0.25) is 0 Å². The molecule has 7 atom stereocenters. The molecule has 1 heterocycles. The first-order valence-corrected chi connectivity index (χ1v) is 14.0. The van der Waals surface area contributed by atoms with Crippen LogP contribution in [0.1, 0.15) is 105 Å². The zero-order valence-corrected chi connectivity index (χ0v) is 22.3. The number of methoxy groups -OCH3 is 1. The summed E-state index contributed by atoms with van der Waals surface area (Å²) in [5, 5.41) is 0. The SMILES string of the molecule is COC(=O)CC[C@]1(C)[C@H]2CC[C@]3(C)[C@@H]([C@H](C)CCCC(C)C)CC[C@H]3[C@@H]2CCC12OCCO2. The first kappa shape index (κ1) is 25.5. The molecule has 4 heteroatoms. The average Bonchev–Trinajstić information content (AvgIpc) is 3.40. The number of rotatable bonds is 8. The van der Waals surface area contributed by atoms with Crippen LogP contribution in [-0.4, -0.2) is 32.1 Å². The van der Waals surface area contributed by atoms with Gasteiger partial charge >= 0.3 is 5.97 Å². The van der Waals surface area contributed by atoms with Crippen molar-refractivity contribution in [1.82, 2.24) is 0 Å². The van der Waals surface area contributed by atoms with Gasteiger partial charge < -0.3 is 14.2 Å². The molecule has 0 aromatic carbocycles. The van der Waals surface area contributed by atoms with Gasteiger partial charge in [0.15, 0.2) is 5.79 Å². The monoisotopic (exact) mass is 462 g/mol. The van der Waals surface area contributed by atoms with Gasteiger partial charge in [0.2, 0.25) is 0 Å². The molecule has 4 aliphatic rings. The predicted molar refractivity (Wildman–Crippen MR) is 132 cm³/mol. The maximum absolute atomic E-state index is 12.1. The fraction of sp³-hybridized carbons (Fsp3) is 0.966. The summed E-state index contributed by atoms with van der Waals surface area (Å²) in [6.07, 6.45) is 13.0. The maximum atomic E-state index is 12.1. The van der Waals surface area contributed by atoms with Crippen LogP contribution in [0.3, 0.4) is 0 Å². The van der Waals surface area contributed by atoms with Crippen LogP contribution < -0.4 is 0 Å². The summed E-state index contributed by atoms with van der Waals surface area (Å²) in [6, 6.07) is 0. The Balaban J connectivity index is 1.52. The van der Waals surface area contributed by atoms with E-state index < -0.39 is 5.79 Å². The molecule has 4 fully saturated rings. The molecule has 0 amide bonds. The number of carbonyl (C=O) groups is 1. The molecular weight excluding hydrogens is 412 g/mol. The lowest BCUT2D eigenvalue weighted by Gasteiger charge is -2.61. The molecular formula is C29H50O4. The zero-order valence-electron chi connectivity index (χ0n) is 22.3. The number of fused-ring (bicyclic) bond motifs is 3. The van der Waals surface area contributed by atoms with Crippen LogP contribution in [-0.2, 0) is 19.0 Å². The summed E-state index contributed by atoms with van der Waals surface area (Å²) < 4.78 is 17.8. The predicted octanol–water partition coefficient (Wildman–Crippen LogP) is 7.00. The Bertz CT molecular complexity index is 683. The van der Waals surface area contributed by atoms with Gasteiger partial charge in [0, 0.05) is 18.3 Å².